The molecule has 4 heteroatoms. The average Bonchev–Trinajstić information content (AvgIpc) is 3.32. The number of amides is 2. The second kappa shape index (κ2) is 8.14. The molecule has 0 aliphatic heterocycles. The second-order valence-electron chi connectivity index (χ2n) is 6.48. The number of benzene rings is 1. The van der Waals surface area contributed by atoms with Crippen molar-refractivity contribution in [1.29, 1.82) is 0 Å². The molecular weight excluding hydrogens is 288 g/mol. The van der Waals surface area contributed by atoms with Gasteiger partial charge in [0.2, 0.25) is 11.8 Å². The number of carbonyl (C=O) groups is 2. The van der Waals surface area contributed by atoms with Gasteiger partial charge in [0, 0.05) is 19.6 Å². The summed E-state index contributed by atoms with van der Waals surface area (Å²) in [6.07, 6.45) is 2.62. The summed E-state index contributed by atoms with van der Waals surface area (Å²) in [6, 6.07) is 8.11. The lowest BCUT2D eigenvalue weighted by Crippen LogP contribution is -2.35. The van der Waals surface area contributed by atoms with Crippen LogP contribution in [0.1, 0.15) is 44.2 Å². The molecular formula is C19H28N2O2. The molecule has 2 amide bonds. The zero-order chi connectivity index (χ0) is 16.8. The van der Waals surface area contributed by atoms with Gasteiger partial charge in [-0.1, -0.05) is 43.7 Å². The molecule has 2 unspecified atom stereocenters. The minimum atomic E-state index is -0.136. The third-order valence-electron chi connectivity index (χ3n) is 4.29. The van der Waals surface area contributed by atoms with Crippen LogP contribution in [0.5, 0.6) is 0 Å². The van der Waals surface area contributed by atoms with Gasteiger partial charge in [-0.2, -0.15) is 0 Å². The Bertz CT molecular complexity index is 550. The number of rotatable bonds is 8. The van der Waals surface area contributed by atoms with Crippen LogP contribution in [-0.2, 0) is 16.1 Å². The van der Waals surface area contributed by atoms with E-state index in [1.807, 2.05) is 30.0 Å². The zero-order valence-electron chi connectivity index (χ0n) is 14.5. The van der Waals surface area contributed by atoms with Crippen LogP contribution in [-0.4, -0.2) is 29.8 Å². The van der Waals surface area contributed by atoms with E-state index in [1.54, 1.807) is 0 Å². The topological polar surface area (TPSA) is 49.4 Å². The fraction of sp³-hybridized carbons (Fsp3) is 0.579. The largest absolute Gasteiger partial charge is 0.352 e. The zero-order valence-corrected chi connectivity index (χ0v) is 14.5. The predicted octanol–water partition coefficient (Wildman–Crippen LogP) is 2.90. The molecule has 2 rings (SSSR count). The van der Waals surface area contributed by atoms with Crippen LogP contribution in [0.3, 0.4) is 0 Å². The molecule has 0 aromatic heterocycles. The van der Waals surface area contributed by atoms with Crippen molar-refractivity contribution >= 4 is 11.8 Å². The van der Waals surface area contributed by atoms with Crippen molar-refractivity contribution in [3.8, 4) is 0 Å². The van der Waals surface area contributed by atoms with Crippen LogP contribution in [0, 0.1) is 18.8 Å². The maximum Gasteiger partial charge on any atom is 0.226 e. The van der Waals surface area contributed by atoms with Gasteiger partial charge in [-0.25, -0.2) is 0 Å². The Morgan fingerprint density at radius 3 is 2.48 bits per heavy atom. The van der Waals surface area contributed by atoms with Crippen LogP contribution >= 0.6 is 0 Å². The molecule has 1 aliphatic rings. The second-order valence-corrected chi connectivity index (χ2v) is 6.48. The summed E-state index contributed by atoms with van der Waals surface area (Å²) in [5, 5.41) is 2.97. The van der Waals surface area contributed by atoms with E-state index in [-0.39, 0.29) is 23.7 Å². The maximum atomic E-state index is 12.5. The molecule has 0 bridgehead atoms. The molecule has 0 spiro atoms. The Labute approximate surface area is 139 Å². The first-order chi connectivity index (χ1) is 11.1. The van der Waals surface area contributed by atoms with Crippen LogP contribution in [0.2, 0.25) is 0 Å². The number of hydrogen-bond acceptors (Lipinski definition) is 2. The Hall–Kier alpha value is -1.84. The van der Waals surface area contributed by atoms with E-state index in [2.05, 4.69) is 25.2 Å². The fourth-order valence-corrected chi connectivity index (χ4v) is 3.01. The average molecular weight is 316 g/mol. The molecule has 0 saturated heterocycles. The lowest BCUT2D eigenvalue weighted by atomic mass is 10.1. The first-order valence-electron chi connectivity index (χ1n) is 8.68. The number of nitrogens with one attached hydrogen (secondary N) is 1. The van der Waals surface area contributed by atoms with Crippen LogP contribution in [0.15, 0.2) is 24.3 Å². The summed E-state index contributed by atoms with van der Waals surface area (Å²) in [4.78, 5) is 26.6. The molecule has 2 atom stereocenters. The van der Waals surface area contributed by atoms with Gasteiger partial charge in [0.05, 0.1) is 11.8 Å². The third kappa shape index (κ3) is 4.81. The van der Waals surface area contributed by atoms with E-state index in [1.165, 1.54) is 5.56 Å². The minimum Gasteiger partial charge on any atom is -0.352 e. The number of nitrogens with zero attached hydrogens (tertiary/aromatic N) is 1. The SMILES string of the molecule is CCCN(CCC)C(=O)C1CC1C(=O)NCc1cccc(C)c1. The summed E-state index contributed by atoms with van der Waals surface area (Å²) in [5.41, 5.74) is 2.28. The Kier molecular flexibility index (Phi) is 6.20. The first kappa shape index (κ1) is 17.5. The van der Waals surface area contributed by atoms with Gasteiger partial charge in [0.25, 0.3) is 0 Å². The molecule has 0 heterocycles. The van der Waals surface area contributed by atoms with Crippen molar-refractivity contribution in [2.75, 3.05) is 13.1 Å². The summed E-state index contributed by atoms with van der Waals surface area (Å²) in [5.74, 6) is -0.0728. The Morgan fingerprint density at radius 2 is 1.87 bits per heavy atom. The van der Waals surface area contributed by atoms with Crippen LogP contribution < -0.4 is 5.32 Å². The quantitative estimate of drug-likeness (QED) is 0.801. The minimum absolute atomic E-state index is 0.0119. The van der Waals surface area contributed by atoms with Gasteiger partial charge in [-0.3, -0.25) is 9.59 Å². The van der Waals surface area contributed by atoms with Gasteiger partial charge in [0.1, 0.15) is 0 Å². The highest BCUT2D eigenvalue weighted by Gasteiger charge is 2.49. The highest BCUT2D eigenvalue weighted by Crippen LogP contribution is 2.40. The van der Waals surface area contributed by atoms with Gasteiger partial charge >= 0.3 is 0 Å². The molecule has 1 aromatic rings. The van der Waals surface area contributed by atoms with Crippen molar-refractivity contribution in [3.05, 3.63) is 35.4 Å². The monoisotopic (exact) mass is 316 g/mol. The number of carbonyl (C=O) groups excluding carboxylic acids is 2. The van der Waals surface area contributed by atoms with E-state index in [9.17, 15) is 9.59 Å². The van der Waals surface area contributed by atoms with Crippen LogP contribution in [0.4, 0.5) is 0 Å². The molecule has 1 fully saturated rings. The fourth-order valence-electron chi connectivity index (χ4n) is 3.01. The number of aryl methyl sites for hydroxylation is 1. The van der Waals surface area contributed by atoms with E-state index in [4.69, 9.17) is 0 Å². The highest BCUT2D eigenvalue weighted by molar-refractivity contribution is 5.92. The standard InChI is InChI=1S/C19H28N2O2/c1-4-9-21(10-5-2)19(23)17-12-16(17)18(22)20-13-15-8-6-7-14(3)11-15/h6-8,11,16-17H,4-5,9-10,12-13H2,1-3H3,(H,20,22). The van der Waals surface area contributed by atoms with E-state index >= 15 is 0 Å². The van der Waals surface area contributed by atoms with E-state index in [0.717, 1.165) is 31.5 Å². The normalized spacial score (nSPS) is 19.3. The first-order valence-corrected chi connectivity index (χ1v) is 8.68. The Balaban J connectivity index is 1.82. The number of hydrogen-bond donors (Lipinski definition) is 1. The highest BCUT2D eigenvalue weighted by atomic mass is 16.2. The summed E-state index contributed by atoms with van der Waals surface area (Å²) < 4.78 is 0. The van der Waals surface area contributed by atoms with Crippen molar-refractivity contribution in [2.24, 2.45) is 11.8 Å². The molecule has 126 valence electrons. The smallest absolute Gasteiger partial charge is 0.226 e. The molecule has 1 aromatic carbocycles. The van der Waals surface area contributed by atoms with Crippen molar-refractivity contribution in [3.63, 3.8) is 0 Å². The lowest BCUT2D eigenvalue weighted by molar-refractivity contribution is -0.134. The van der Waals surface area contributed by atoms with Crippen LogP contribution in [0.25, 0.3) is 0 Å². The lowest BCUT2D eigenvalue weighted by Gasteiger charge is -2.21. The van der Waals surface area contributed by atoms with Crippen molar-refractivity contribution in [2.45, 2.75) is 46.6 Å². The maximum absolute atomic E-state index is 12.5. The molecule has 1 saturated carbocycles. The molecule has 1 N–H and O–H groups in total. The van der Waals surface area contributed by atoms with Crippen molar-refractivity contribution in [1.82, 2.24) is 10.2 Å². The van der Waals surface area contributed by atoms with Gasteiger partial charge < -0.3 is 10.2 Å². The van der Waals surface area contributed by atoms with E-state index in [0.29, 0.717) is 13.0 Å². The van der Waals surface area contributed by atoms with Gasteiger partial charge in [-0.15, -0.1) is 0 Å². The molecule has 23 heavy (non-hydrogen) atoms. The summed E-state index contributed by atoms with van der Waals surface area (Å²) in [6.45, 7) is 8.31. The third-order valence-corrected chi connectivity index (χ3v) is 4.29. The summed E-state index contributed by atoms with van der Waals surface area (Å²) in [7, 11) is 0. The van der Waals surface area contributed by atoms with Gasteiger partial charge in [-0.05, 0) is 31.7 Å². The van der Waals surface area contributed by atoms with E-state index < -0.39 is 0 Å². The molecule has 1 aliphatic carbocycles. The summed E-state index contributed by atoms with van der Waals surface area (Å²) >= 11 is 0. The predicted molar refractivity (Wildman–Crippen MR) is 91.8 cm³/mol. The molecule has 4 nitrogen and oxygen atoms in total. The molecule has 0 radical (unpaired) electrons. The Morgan fingerprint density at radius 1 is 1.17 bits per heavy atom. The van der Waals surface area contributed by atoms with Crippen molar-refractivity contribution < 1.29 is 9.59 Å². The van der Waals surface area contributed by atoms with Gasteiger partial charge in [0.15, 0.2) is 0 Å².